The van der Waals surface area contributed by atoms with Crippen molar-refractivity contribution in [3.63, 3.8) is 0 Å². The van der Waals surface area contributed by atoms with Crippen molar-refractivity contribution in [1.29, 1.82) is 0 Å². The maximum absolute atomic E-state index is 12.2. The molecule has 148 valence electrons. The highest BCUT2D eigenvalue weighted by molar-refractivity contribution is 6.20. The molecule has 10 heteroatoms. The van der Waals surface area contributed by atoms with Crippen LogP contribution in [0.2, 0.25) is 0 Å². The Morgan fingerprint density at radius 1 is 1.07 bits per heavy atom. The molecule has 0 saturated carbocycles. The third kappa shape index (κ3) is 4.43. The summed E-state index contributed by atoms with van der Waals surface area (Å²) < 4.78 is 4.92. The van der Waals surface area contributed by atoms with Crippen molar-refractivity contribution in [2.24, 2.45) is 0 Å². The number of anilines is 2. The van der Waals surface area contributed by atoms with Gasteiger partial charge in [-0.15, -0.1) is 0 Å². The van der Waals surface area contributed by atoms with Gasteiger partial charge in [-0.3, -0.25) is 29.4 Å². The Bertz CT molecular complexity index is 1000. The lowest BCUT2D eigenvalue weighted by Crippen LogP contribution is -2.28. The molecule has 0 aliphatic carbocycles. The van der Waals surface area contributed by atoms with Gasteiger partial charge in [0.1, 0.15) is 5.69 Å². The lowest BCUT2D eigenvalue weighted by atomic mass is 10.2. The molecule has 29 heavy (non-hydrogen) atoms. The second kappa shape index (κ2) is 8.30. The van der Waals surface area contributed by atoms with Gasteiger partial charge in [-0.25, -0.2) is 4.79 Å². The number of nitrogens with zero attached hydrogens (tertiary/aromatic N) is 2. The highest BCUT2D eigenvalue weighted by Crippen LogP contribution is 2.24. The van der Waals surface area contributed by atoms with Gasteiger partial charge in [0.05, 0.1) is 16.2 Å². The van der Waals surface area contributed by atoms with Crippen LogP contribution >= 0.6 is 0 Å². The number of ether oxygens (including phenoxy) is 1. The maximum atomic E-state index is 12.2. The monoisotopic (exact) mass is 397 g/mol. The Morgan fingerprint density at radius 3 is 2.45 bits per heavy atom. The van der Waals surface area contributed by atoms with Crippen molar-refractivity contribution < 1.29 is 28.8 Å². The number of para-hydroxylation sites is 2. The minimum absolute atomic E-state index is 0.0217. The summed E-state index contributed by atoms with van der Waals surface area (Å²) in [6, 6.07) is 11.3. The number of nitro benzene ring substituents is 1. The van der Waals surface area contributed by atoms with Crippen LogP contribution in [-0.4, -0.2) is 35.2 Å². The predicted octanol–water partition coefficient (Wildman–Crippen LogP) is 2.04. The summed E-state index contributed by atoms with van der Waals surface area (Å²) in [6.45, 7) is -0.670. The second-order valence-electron chi connectivity index (χ2n) is 6.07. The van der Waals surface area contributed by atoms with Crippen LogP contribution in [0.3, 0.4) is 0 Å². The van der Waals surface area contributed by atoms with E-state index < -0.39 is 23.4 Å². The Hall–Kier alpha value is -4.08. The normalized spacial score (nSPS) is 13.3. The molecular weight excluding hydrogens is 382 g/mol. The van der Waals surface area contributed by atoms with E-state index in [2.05, 4.69) is 5.32 Å². The van der Waals surface area contributed by atoms with Crippen LogP contribution in [0.5, 0.6) is 0 Å². The summed E-state index contributed by atoms with van der Waals surface area (Å²) in [5.41, 5.74) is -0.0174. The molecule has 2 aromatic rings. The number of rotatable bonds is 6. The number of nitro groups is 1. The number of nitrogens with one attached hydrogen (secondary N) is 1. The van der Waals surface area contributed by atoms with E-state index in [1.165, 1.54) is 48.5 Å². The molecular formula is C19H15N3O7. The number of hydrogen-bond donors (Lipinski definition) is 1. The van der Waals surface area contributed by atoms with Crippen LogP contribution in [-0.2, 0) is 19.1 Å². The first-order valence-corrected chi connectivity index (χ1v) is 8.53. The number of amides is 3. The summed E-state index contributed by atoms with van der Waals surface area (Å²) in [6.07, 6.45) is 0.221. The van der Waals surface area contributed by atoms with E-state index in [1.54, 1.807) is 0 Å². The van der Waals surface area contributed by atoms with Crippen molar-refractivity contribution >= 4 is 40.8 Å². The lowest BCUT2D eigenvalue weighted by Gasteiger charge is -2.14. The Balaban J connectivity index is 1.63. The molecule has 2 aromatic carbocycles. The molecule has 0 unspecified atom stereocenters. The van der Waals surface area contributed by atoms with Crippen LogP contribution < -0.4 is 10.2 Å². The summed E-state index contributed by atoms with van der Waals surface area (Å²) >= 11 is 0. The first-order valence-electron chi connectivity index (χ1n) is 8.53. The molecule has 1 aliphatic heterocycles. The molecule has 1 aliphatic rings. The molecule has 1 fully saturated rings. The fourth-order valence-corrected chi connectivity index (χ4v) is 2.78. The molecule has 0 spiro atoms. The average molecular weight is 397 g/mol. The minimum Gasteiger partial charge on any atom is -0.452 e. The molecule has 0 radical (unpaired) electrons. The van der Waals surface area contributed by atoms with Gasteiger partial charge in [-0.1, -0.05) is 18.2 Å². The van der Waals surface area contributed by atoms with Crippen molar-refractivity contribution in [2.75, 3.05) is 16.8 Å². The fraction of sp³-hybridized carbons (Fsp3) is 0.158. The zero-order chi connectivity index (χ0) is 21.0. The first-order chi connectivity index (χ1) is 13.9. The van der Waals surface area contributed by atoms with Gasteiger partial charge in [0.25, 0.3) is 11.6 Å². The highest BCUT2D eigenvalue weighted by atomic mass is 16.6. The van der Waals surface area contributed by atoms with E-state index in [0.29, 0.717) is 0 Å². The zero-order valence-corrected chi connectivity index (χ0v) is 15.0. The van der Waals surface area contributed by atoms with Gasteiger partial charge in [0.2, 0.25) is 11.8 Å². The number of esters is 1. The zero-order valence-electron chi connectivity index (χ0n) is 15.0. The Labute approximate surface area is 164 Å². The Morgan fingerprint density at radius 2 is 1.76 bits per heavy atom. The maximum Gasteiger partial charge on any atom is 0.338 e. The van der Waals surface area contributed by atoms with Gasteiger partial charge in [0, 0.05) is 18.9 Å². The molecule has 1 saturated heterocycles. The number of carbonyl (C=O) groups is 4. The van der Waals surface area contributed by atoms with E-state index in [-0.39, 0.29) is 47.3 Å². The van der Waals surface area contributed by atoms with Crippen molar-refractivity contribution in [2.45, 2.75) is 12.8 Å². The van der Waals surface area contributed by atoms with Crippen LogP contribution in [0.4, 0.5) is 17.1 Å². The molecule has 3 rings (SSSR count). The fourth-order valence-electron chi connectivity index (χ4n) is 2.78. The van der Waals surface area contributed by atoms with Gasteiger partial charge < -0.3 is 10.1 Å². The number of imide groups is 1. The van der Waals surface area contributed by atoms with Crippen LogP contribution in [0.15, 0.2) is 48.5 Å². The van der Waals surface area contributed by atoms with E-state index in [9.17, 15) is 29.3 Å². The van der Waals surface area contributed by atoms with Crippen molar-refractivity contribution in [1.82, 2.24) is 0 Å². The average Bonchev–Trinajstić information content (AvgIpc) is 3.04. The van der Waals surface area contributed by atoms with E-state index in [4.69, 9.17) is 4.74 Å². The largest absolute Gasteiger partial charge is 0.452 e. The molecule has 10 nitrogen and oxygen atoms in total. The third-order valence-corrected chi connectivity index (χ3v) is 4.10. The molecule has 0 atom stereocenters. The number of benzene rings is 2. The topological polar surface area (TPSA) is 136 Å². The summed E-state index contributed by atoms with van der Waals surface area (Å²) in [5, 5.41) is 13.3. The Kier molecular flexibility index (Phi) is 5.63. The molecule has 0 aromatic heterocycles. The molecule has 1 heterocycles. The van der Waals surface area contributed by atoms with Crippen LogP contribution in [0.1, 0.15) is 23.2 Å². The van der Waals surface area contributed by atoms with Crippen molar-refractivity contribution in [3.8, 4) is 0 Å². The summed E-state index contributed by atoms with van der Waals surface area (Å²) in [7, 11) is 0. The van der Waals surface area contributed by atoms with E-state index in [0.717, 1.165) is 4.90 Å². The standard InChI is InChI=1S/C19H15N3O7/c23-16(20-14-6-1-2-7-15(14)22(27)28)11-29-19(26)12-4-3-5-13(10-12)21-17(24)8-9-18(21)25/h1-7,10H,8-9,11H2,(H,20,23). The van der Waals surface area contributed by atoms with Gasteiger partial charge in [-0.2, -0.15) is 0 Å². The van der Waals surface area contributed by atoms with Crippen LogP contribution in [0.25, 0.3) is 0 Å². The summed E-state index contributed by atoms with van der Waals surface area (Å²) in [5.74, 6) is -2.31. The molecule has 1 N–H and O–H groups in total. The smallest absolute Gasteiger partial charge is 0.338 e. The highest BCUT2D eigenvalue weighted by Gasteiger charge is 2.30. The van der Waals surface area contributed by atoms with E-state index in [1.807, 2.05) is 0 Å². The van der Waals surface area contributed by atoms with Crippen LogP contribution in [0, 0.1) is 10.1 Å². The number of hydrogen-bond acceptors (Lipinski definition) is 7. The quantitative estimate of drug-likeness (QED) is 0.341. The molecule has 0 bridgehead atoms. The SMILES string of the molecule is O=C(COC(=O)c1cccc(N2C(=O)CCC2=O)c1)Nc1ccccc1[N+](=O)[O-]. The lowest BCUT2D eigenvalue weighted by molar-refractivity contribution is -0.383. The van der Waals surface area contributed by atoms with E-state index >= 15 is 0 Å². The minimum atomic E-state index is -0.844. The number of carbonyl (C=O) groups excluding carboxylic acids is 4. The first kappa shape index (κ1) is 19.7. The predicted molar refractivity (Wildman–Crippen MR) is 100 cm³/mol. The van der Waals surface area contributed by atoms with Gasteiger partial charge in [-0.05, 0) is 24.3 Å². The van der Waals surface area contributed by atoms with Gasteiger partial charge >= 0.3 is 5.97 Å². The van der Waals surface area contributed by atoms with Gasteiger partial charge in [0.15, 0.2) is 6.61 Å². The molecule has 3 amide bonds. The summed E-state index contributed by atoms with van der Waals surface area (Å²) in [4.78, 5) is 59.1. The third-order valence-electron chi connectivity index (χ3n) is 4.10. The second-order valence-corrected chi connectivity index (χ2v) is 6.07. The van der Waals surface area contributed by atoms with Crippen molar-refractivity contribution in [3.05, 3.63) is 64.2 Å².